The summed E-state index contributed by atoms with van der Waals surface area (Å²) in [6, 6.07) is 6.92. The zero-order valence-electron chi connectivity index (χ0n) is 17.6. The van der Waals surface area contributed by atoms with Crippen molar-refractivity contribution in [1.82, 2.24) is 9.55 Å². The standard InChI is InChI=1S/C22H26N2O4S/c1-7-27-17-10-8-16(9-11-17)18-14(5)29-20-19(18)21(25)24(15(6)23-20)13(4)22(26)28-12(2)3/h8-13H,7H2,1-6H3. The Morgan fingerprint density at radius 1 is 1.17 bits per heavy atom. The highest BCUT2D eigenvalue weighted by molar-refractivity contribution is 7.19. The van der Waals surface area contributed by atoms with Gasteiger partial charge in [-0.05, 0) is 59.2 Å². The summed E-state index contributed by atoms with van der Waals surface area (Å²) in [5.41, 5.74) is 1.54. The van der Waals surface area contributed by atoms with E-state index in [4.69, 9.17) is 9.47 Å². The SMILES string of the molecule is CCOc1ccc(-c2c(C)sc3nc(C)n(C(C)C(=O)OC(C)C)c(=O)c23)cc1. The van der Waals surface area contributed by atoms with Gasteiger partial charge in [0.15, 0.2) is 0 Å². The Morgan fingerprint density at radius 3 is 2.41 bits per heavy atom. The Labute approximate surface area is 174 Å². The number of ether oxygens (including phenoxy) is 2. The number of rotatable bonds is 6. The van der Waals surface area contributed by atoms with Crippen LogP contribution in [0, 0.1) is 13.8 Å². The van der Waals surface area contributed by atoms with Gasteiger partial charge in [-0.25, -0.2) is 9.78 Å². The van der Waals surface area contributed by atoms with Crippen molar-refractivity contribution in [1.29, 1.82) is 0 Å². The smallest absolute Gasteiger partial charge is 0.329 e. The van der Waals surface area contributed by atoms with Crippen LogP contribution in [0.1, 0.15) is 44.4 Å². The molecular weight excluding hydrogens is 388 g/mol. The van der Waals surface area contributed by atoms with E-state index in [1.165, 1.54) is 15.9 Å². The molecular formula is C22H26N2O4S. The van der Waals surface area contributed by atoms with E-state index in [1.807, 2.05) is 38.1 Å². The van der Waals surface area contributed by atoms with Crippen LogP contribution in [0.3, 0.4) is 0 Å². The zero-order valence-corrected chi connectivity index (χ0v) is 18.4. The molecule has 0 spiro atoms. The number of aromatic nitrogens is 2. The third-order valence-corrected chi connectivity index (χ3v) is 5.64. The second kappa shape index (κ2) is 8.37. The van der Waals surface area contributed by atoms with Crippen LogP contribution in [0.15, 0.2) is 29.1 Å². The summed E-state index contributed by atoms with van der Waals surface area (Å²) in [6.07, 6.45) is -0.250. The third kappa shape index (κ3) is 4.05. The fourth-order valence-electron chi connectivity index (χ4n) is 3.40. The van der Waals surface area contributed by atoms with E-state index in [1.54, 1.807) is 27.7 Å². The summed E-state index contributed by atoms with van der Waals surface area (Å²) >= 11 is 1.48. The van der Waals surface area contributed by atoms with Gasteiger partial charge in [0.1, 0.15) is 22.4 Å². The molecule has 1 aromatic carbocycles. The number of carbonyl (C=O) groups excluding carboxylic acids is 1. The number of hydrogen-bond acceptors (Lipinski definition) is 6. The van der Waals surface area contributed by atoms with Gasteiger partial charge in [0.2, 0.25) is 0 Å². The lowest BCUT2D eigenvalue weighted by atomic mass is 10.0. The molecule has 0 amide bonds. The van der Waals surface area contributed by atoms with Crippen LogP contribution in [0.2, 0.25) is 0 Å². The van der Waals surface area contributed by atoms with Crippen molar-refractivity contribution in [2.45, 2.75) is 53.7 Å². The molecule has 0 N–H and O–H groups in total. The van der Waals surface area contributed by atoms with E-state index in [0.717, 1.165) is 21.8 Å². The molecule has 0 aliphatic carbocycles. The highest BCUT2D eigenvalue weighted by Crippen LogP contribution is 2.36. The summed E-state index contributed by atoms with van der Waals surface area (Å²) in [4.78, 5) is 32.2. The number of esters is 1. The summed E-state index contributed by atoms with van der Waals surface area (Å²) in [5, 5.41) is 0.534. The van der Waals surface area contributed by atoms with Crippen molar-refractivity contribution in [3.8, 4) is 16.9 Å². The van der Waals surface area contributed by atoms with Gasteiger partial charge in [0.05, 0.1) is 18.1 Å². The van der Waals surface area contributed by atoms with E-state index in [0.29, 0.717) is 22.6 Å². The van der Waals surface area contributed by atoms with Gasteiger partial charge in [-0.1, -0.05) is 12.1 Å². The minimum atomic E-state index is -0.754. The lowest BCUT2D eigenvalue weighted by molar-refractivity contribution is -0.151. The van der Waals surface area contributed by atoms with Crippen molar-refractivity contribution in [3.63, 3.8) is 0 Å². The molecule has 0 saturated carbocycles. The van der Waals surface area contributed by atoms with Gasteiger partial charge in [-0.15, -0.1) is 11.3 Å². The molecule has 1 atom stereocenters. The maximum atomic E-state index is 13.5. The maximum absolute atomic E-state index is 13.5. The number of carbonyl (C=O) groups is 1. The first-order valence-corrected chi connectivity index (χ1v) is 10.5. The predicted octanol–water partition coefficient (Wildman–Crippen LogP) is 4.65. The van der Waals surface area contributed by atoms with E-state index in [-0.39, 0.29) is 11.7 Å². The van der Waals surface area contributed by atoms with Gasteiger partial charge in [0.25, 0.3) is 5.56 Å². The van der Waals surface area contributed by atoms with Crippen LogP contribution < -0.4 is 10.3 Å². The van der Waals surface area contributed by atoms with Crippen LogP contribution in [0.25, 0.3) is 21.3 Å². The molecule has 3 rings (SSSR count). The molecule has 0 radical (unpaired) electrons. The lowest BCUT2D eigenvalue weighted by Crippen LogP contribution is -2.32. The minimum Gasteiger partial charge on any atom is -0.494 e. The van der Waals surface area contributed by atoms with Crippen molar-refractivity contribution in [2.75, 3.05) is 6.61 Å². The van der Waals surface area contributed by atoms with E-state index in [9.17, 15) is 9.59 Å². The normalized spacial score (nSPS) is 12.4. The maximum Gasteiger partial charge on any atom is 0.329 e. The molecule has 0 fully saturated rings. The van der Waals surface area contributed by atoms with Crippen molar-refractivity contribution in [3.05, 3.63) is 45.3 Å². The van der Waals surface area contributed by atoms with Crippen LogP contribution in [0.4, 0.5) is 0 Å². The molecule has 0 aliphatic heterocycles. The lowest BCUT2D eigenvalue weighted by Gasteiger charge is -2.18. The van der Waals surface area contributed by atoms with Crippen LogP contribution in [-0.4, -0.2) is 28.2 Å². The van der Waals surface area contributed by atoms with Gasteiger partial charge < -0.3 is 9.47 Å². The Balaban J connectivity index is 2.17. The van der Waals surface area contributed by atoms with Crippen molar-refractivity contribution in [2.24, 2.45) is 0 Å². The molecule has 2 aromatic heterocycles. The highest BCUT2D eigenvalue weighted by atomic mass is 32.1. The summed E-state index contributed by atoms with van der Waals surface area (Å²) in [5.74, 6) is 0.834. The van der Waals surface area contributed by atoms with Gasteiger partial charge in [0, 0.05) is 10.4 Å². The molecule has 6 nitrogen and oxygen atoms in total. The fourth-order valence-corrected chi connectivity index (χ4v) is 4.48. The number of fused-ring (bicyclic) bond motifs is 1. The first kappa shape index (κ1) is 21.0. The van der Waals surface area contributed by atoms with Crippen molar-refractivity contribution >= 4 is 27.5 Å². The van der Waals surface area contributed by atoms with Crippen LogP contribution >= 0.6 is 11.3 Å². The van der Waals surface area contributed by atoms with E-state index in [2.05, 4.69) is 4.98 Å². The molecule has 1 unspecified atom stereocenters. The highest BCUT2D eigenvalue weighted by Gasteiger charge is 2.25. The number of nitrogens with zero attached hydrogens (tertiary/aromatic N) is 2. The van der Waals surface area contributed by atoms with Gasteiger partial charge in [-0.3, -0.25) is 9.36 Å². The third-order valence-electron chi connectivity index (χ3n) is 4.64. The largest absolute Gasteiger partial charge is 0.494 e. The minimum absolute atomic E-state index is 0.228. The number of aryl methyl sites for hydroxylation is 2. The first-order valence-electron chi connectivity index (χ1n) is 9.70. The summed E-state index contributed by atoms with van der Waals surface area (Å²) in [6.45, 7) is 11.5. The molecule has 0 bridgehead atoms. The van der Waals surface area contributed by atoms with Crippen LogP contribution in [0.5, 0.6) is 5.75 Å². The number of benzene rings is 1. The number of hydrogen-bond donors (Lipinski definition) is 0. The molecule has 0 saturated heterocycles. The van der Waals surface area contributed by atoms with Gasteiger partial charge in [-0.2, -0.15) is 0 Å². The summed E-state index contributed by atoms with van der Waals surface area (Å²) in [7, 11) is 0. The Morgan fingerprint density at radius 2 is 1.83 bits per heavy atom. The van der Waals surface area contributed by atoms with E-state index >= 15 is 0 Å². The average molecular weight is 415 g/mol. The Hall–Kier alpha value is -2.67. The van der Waals surface area contributed by atoms with Crippen LogP contribution in [-0.2, 0) is 9.53 Å². The Bertz CT molecular complexity index is 1100. The molecule has 2 heterocycles. The zero-order chi connectivity index (χ0) is 21.3. The molecule has 29 heavy (non-hydrogen) atoms. The molecule has 0 aliphatic rings. The first-order chi connectivity index (χ1) is 13.7. The van der Waals surface area contributed by atoms with Gasteiger partial charge >= 0.3 is 5.97 Å². The molecule has 154 valence electrons. The quantitative estimate of drug-likeness (QED) is 0.549. The second-order valence-corrected chi connectivity index (χ2v) is 8.37. The average Bonchev–Trinajstić information content (AvgIpc) is 2.98. The predicted molar refractivity (Wildman–Crippen MR) is 116 cm³/mol. The monoisotopic (exact) mass is 414 g/mol. The molecule has 3 aromatic rings. The van der Waals surface area contributed by atoms with E-state index < -0.39 is 12.0 Å². The fraction of sp³-hybridized carbons (Fsp3) is 0.409. The molecule has 7 heteroatoms. The van der Waals surface area contributed by atoms with Crippen molar-refractivity contribution < 1.29 is 14.3 Å². The Kier molecular flexibility index (Phi) is 6.07. The topological polar surface area (TPSA) is 70.4 Å². The summed E-state index contributed by atoms with van der Waals surface area (Å²) < 4.78 is 12.3. The number of thiophene rings is 1. The second-order valence-electron chi connectivity index (χ2n) is 7.17.